The monoisotopic (exact) mass is 238 g/mol. The molecule has 2 atom stereocenters. The lowest BCUT2D eigenvalue weighted by atomic mass is 9.95. The summed E-state index contributed by atoms with van der Waals surface area (Å²) in [6, 6.07) is 1.10. The molecule has 17 heavy (non-hydrogen) atoms. The van der Waals surface area contributed by atoms with Crippen LogP contribution in [-0.2, 0) is 0 Å². The largest absolute Gasteiger partial charge is 0.327 e. The lowest BCUT2D eigenvalue weighted by Gasteiger charge is -2.22. The van der Waals surface area contributed by atoms with E-state index in [2.05, 4.69) is 33.0 Å². The van der Waals surface area contributed by atoms with Gasteiger partial charge >= 0.3 is 0 Å². The van der Waals surface area contributed by atoms with Gasteiger partial charge in [-0.25, -0.2) is 0 Å². The molecular weight excluding hydrogens is 208 g/mol. The zero-order valence-electron chi connectivity index (χ0n) is 12.1. The first-order valence-corrected chi connectivity index (χ1v) is 7.36. The molecule has 0 aromatic heterocycles. The molecule has 0 aromatic rings. The summed E-state index contributed by atoms with van der Waals surface area (Å²) in [7, 11) is 0. The van der Waals surface area contributed by atoms with Crippen LogP contribution in [0.3, 0.4) is 0 Å². The average Bonchev–Trinajstić information content (AvgIpc) is 2.72. The fourth-order valence-corrected chi connectivity index (χ4v) is 3.64. The Labute approximate surface area is 107 Å². The summed E-state index contributed by atoms with van der Waals surface area (Å²) in [6.45, 7) is 10.6. The lowest BCUT2D eigenvalue weighted by molar-refractivity contribution is 0.362. The van der Waals surface area contributed by atoms with Gasteiger partial charge in [-0.2, -0.15) is 0 Å². The quantitative estimate of drug-likeness (QED) is 0.742. The molecule has 0 aromatic carbocycles. The van der Waals surface area contributed by atoms with Gasteiger partial charge in [0.2, 0.25) is 0 Å². The van der Waals surface area contributed by atoms with Crippen LogP contribution in [0.1, 0.15) is 59.8 Å². The van der Waals surface area contributed by atoms with E-state index in [-0.39, 0.29) is 0 Å². The predicted octanol–water partition coefficient (Wildman–Crippen LogP) is 2.92. The molecule has 100 valence electrons. The smallest absolute Gasteiger partial charge is 0.0181 e. The maximum Gasteiger partial charge on any atom is 0.0181 e. The molecule has 2 rings (SSSR count). The first-order valence-electron chi connectivity index (χ1n) is 7.36. The van der Waals surface area contributed by atoms with Crippen LogP contribution >= 0.6 is 0 Å². The molecular formula is C15H30N2. The van der Waals surface area contributed by atoms with Crippen LogP contribution < -0.4 is 11.1 Å². The molecule has 2 unspecified atom stereocenters. The summed E-state index contributed by atoms with van der Waals surface area (Å²) in [5.74, 6) is 0.699. The van der Waals surface area contributed by atoms with Crippen molar-refractivity contribution in [2.75, 3.05) is 6.54 Å². The van der Waals surface area contributed by atoms with Crippen LogP contribution in [0.4, 0.5) is 0 Å². The first-order chi connectivity index (χ1) is 7.87. The molecule has 0 saturated heterocycles. The summed E-state index contributed by atoms with van der Waals surface area (Å²) < 4.78 is 0. The van der Waals surface area contributed by atoms with E-state index in [1.54, 1.807) is 0 Å². The van der Waals surface area contributed by atoms with Crippen molar-refractivity contribution < 1.29 is 0 Å². The van der Waals surface area contributed by atoms with E-state index in [4.69, 9.17) is 5.73 Å². The van der Waals surface area contributed by atoms with E-state index < -0.39 is 0 Å². The van der Waals surface area contributed by atoms with Crippen LogP contribution in [0.2, 0.25) is 0 Å². The Kier molecular flexibility index (Phi) is 3.57. The van der Waals surface area contributed by atoms with E-state index >= 15 is 0 Å². The van der Waals surface area contributed by atoms with Crippen molar-refractivity contribution in [1.29, 1.82) is 0 Å². The van der Waals surface area contributed by atoms with E-state index in [1.807, 2.05) is 0 Å². The normalized spacial score (nSPS) is 36.5. The van der Waals surface area contributed by atoms with E-state index in [0.29, 0.717) is 28.8 Å². The Morgan fingerprint density at radius 3 is 2.18 bits per heavy atom. The highest BCUT2D eigenvalue weighted by Gasteiger charge is 2.64. The van der Waals surface area contributed by atoms with Gasteiger partial charge in [-0.15, -0.1) is 0 Å². The molecule has 0 bridgehead atoms. The number of rotatable bonds is 3. The highest BCUT2D eigenvalue weighted by atomic mass is 15.0. The van der Waals surface area contributed by atoms with Gasteiger partial charge in [-0.05, 0) is 36.1 Å². The van der Waals surface area contributed by atoms with Gasteiger partial charge in [0.05, 0.1) is 0 Å². The summed E-state index contributed by atoms with van der Waals surface area (Å²) in [6.07, 6.45) is 6.63. The third-order valence-corrected chi connectivity index (χ3v) is 5.82. The zero-order chi connectivity index (χ0) is 12.7. The van der Waals surface area contributed by atoms with Crippen molar-refractivity contribution in [3.05, 3.63) is 0 Å². The van der Waals surface area contributed by atoms with Gasteiger partial charge in [0.25, 0.3) is 0 Å². The summed E-state index contributed by atoms with van der Waals surface area (Å²) >= 11 is 0. The van der Waals surface area contributed by atoms with Crippen molar-refractivity contribution in [3.63, 3.8) is 0 Å². The summed E-state index contributed by atoms with van der Waals surface area (Å²) in [5, 5.41) is 3.79. The molecule has 2 nitrogen and oxygen atoms in total. The Morgan fingerprint density at radius 1 is 1.00 bits per heavy atom. The van der Waals surface area contributed by atoms with E-state index in [0.717, 1.165) is 6.54 Å². The third-order valence-electron chi connectivity index (χ3n) is 5.82. The Hall–Kier alpha value is -0.0800. The second-order valence-electron chi connectivity index (χ2n) is 7.35. The minimum Gasteiger partial charge on any atom is -0.327 e. The van der Waals surface area contributed by atoms with Gasteiger partial charge in [0.1, 0.15) is 0 Å². The molecule has 2 heteroatoms. The van der Waals surface area contributed by atoms with Crippen molar-refractivity contribution in [1.82, 2.24) is 5.32 Å². The second-order valence-corrected chi connectivity index (χ2v) is 7.35. The number of hydrogen-bond donors (Lipinski definition) is 2. The van der Waals surface area contributed by atoms with Crippen LogP contribution in [0.15, 0.2) is 0 Å². The van der Waals surface area contributed by atoms with Gasteiger partial charge in [0, 0.05) is 12.1 Å². The zero-order valence-corrected chi connectivity index (χ0v) is 12.1. The number of hydrogen-bond acceptors (Lipinski definition) is 2. The first kappa shape index (κ1) is 13.4. The summed E-state index contributed by atoms with van der Waals surface area (Å²) in [5.41, 5.74) is 7.17. The van der Waals surface area contributed by atoms with Gasteiger partial charge in [0.15, 0.2) is 0 Å². The third kappa shape index (κ3) is 2.39. The molecule has 0 heterocycles. The Bertz CT molecular complexity index is 256. The maximum atomic E-state index is 6.28. The molecule has 2 aliphatic rings. The molecule has 2 saturated carbocycles. The highest BCUT2D eigenvalue weighted by Crippen LogP contribution is 2.62. The average molecular weight is 238 g/mol. The molecule has 0 amide bonds. The van der Waals surface area contributed by atoms with Crippen molar-refractivity contribution >= 4 is 0 Å². The SMILES string of the molecule is CC1(C)C(NCC2CCCCCC2N)C1(C)C. The van der Waals surface area contributed by atoms with E-state index in [1.165, 1.54) is 32.1 Å². The Morgan fingerprint density at radius 2 is 1.59 bits per heavy atom. The number of nitrogens with two attached hydrogens (primary N) is 1. The van der Waals surface area contributed by atoms with Crippen LogP contribution in [-0.4, -0.2) is 18.6 Å². The van der Waals surface area contributed by atoms with Crippen molar-refractivity contribution in [2.24, 2.45) is 22.5 Å². The molecule has 2 fully saturated rings. The second kappa shape index (κ2) is 4.55. The molecule has 2 aliphatic carbocycles. The standard InChI is InChI=1S/C15H30N2/c1-14(2)13(15(14,3)4)17-10-11-8-6-5-7-9-12(11)16/h11-13,17H,5-10,16H2,1-4H3. The molecule has 0 spiro atoms. The van der Waals surface area contributed by atoms with Crippen LogP contribution in [0.5, 0.6) is 0 Å². The Balaban J connectivity index is 1.82. The summed E-state index contributed by atoms with van der Waals surface area (Å²) in [4.78, 5) is 0. The predicted molar refractivity (Wildman–Crippen MR) is 73.9 cm³/mol. The highest BCUT2D eigenvalue weighted by molar-refractivity contribution is 5.17. The van der Waals surface area contributed by atoms with Crippen molar-refractivity contribution in [2.45, 2.75) is 71.9 Å². The van der Waals surface area contributed by atoms with Gasteiger partial charge in [-0.1, -0.05) is 47.0 Å². The minimum absolute atomic E-state index is 0.426. The fraction of sp³-hybridized carbons (Fsp3) is 1.00. The fourth-order valence-electron chi connectivity index (χ4n) is 3.64. The van der Waals surface area contributed by atoms with E-state index in [9.17, 15) is 0 Å². The lowest BCUT2D eigenvalue weighted by Crippen LogP contribution is -2.38. The molecule has 0 radical (unpaired) electrons. The topological polar surface area (TPSA) is 38.0 Å². The molecule has 0 aliphatic heterocycles. The van der Waals surface area contributed by atoms with Crippen molar-refractivity contribution in [3.8, 4) is 0 Å². The number of nitrogens with one attached hydrogen (secondary N) is 1. The van der Waals surface area contributed by atoms with Crippen LogP contribution in [0, 0.1) is 16.7 Å². The maximum absolute atomic E-state index is 6.28. The van der Waals surface area contributed by atoms with Gasteiger partial charge in [-0.3, -0.25) is 0 Å². The minimum atomic E-state index is 0.426. The van der Waals surface area contributed by atoms with Gasteiger partial charge < -0.3 is 11.1 Å². The van der Waals surface area contributed by atoms with Crippen LogP contribution in [0.25, 0.3) is 0 Å². The molecule has 3 N–H and O–H groups in total.